The molecule has 0 rings (SSSR count). The summed E-state index contributed by atoms with van der Waals surface area (Å²) < 4.78 is 5.51. The summed E-state index contributed by atoms with van der Waals surface area (Å²) in [5, 5.41) is 23.3. The van der Waals surface area contributed by atoms with Crippen LogP contribution in [0.1, 0.15) is 444 Å². The summed E-state index contributed by atoms with van der Waals surface area (Å²) in [6.07, 6.45) is 104. The molecule has 524 valence electrons. The molecule has 0 aromatic heterocycles. The Labute approximate surface area is 556 Å². The van der Waals surface area contributed by atoms with E-state index in [1.54, 1.807) is 6.08 Å². The van der Waals surface area contributed by atoms with Crippen LogP contribution in [0.15, 0.2) is 48.6 Å². The van der Waals surface area contributed by atoms with E-state index >= 15 is 0 Å². The predicted octanol–water partition coefficient (Wildman–Crippen LogP) is 26.8. The van der Waals surface area contributed by atoms with Gasteiger partial charge in [-0.3, -0.25) is 9.59 Å². The van der Waals surface area contributed by atoms with E-state index in [1.165, 1.54) is 366 Å². The van der Waals surface area contributed by atoms with Crippen molar-refractivity contribution in [2.45, 2.75) is 456 Å². The molecule has 6 heteroatoms. The van der Waals surface area contributed by atoms with Crippen LogP contribution in [0.4, 0.5) is 0 Å². The van der Waals surface area contributed by atoms with E-state index in [0.29, 0.717) is 19.4 Å². The lowest BCUT2D eigenvalue weighted by Crippen LogP contribution is -2.45. The number of rotatable bonds is 76. The highest BCUT2D eigenvalue weighted by Gasteiger charge is 2.18. The van der Waals surface area contributed by atoms with E-state index in [0.717, 1.165) is 51.4 Å². The number of carbonyl (C=O) groups excluding carboxylic acids is 2. The number of hydrogen-bond donors (Lipinski definition) is 3. The molecule has 1 amide bonds. The van der Waals surface area contributed by atoms with Crippen LogP contribution in [0.3, 0.4) is 0 Å². The molecule has 0 saturated heterocycles. The second kappa shape index (κ2) is 78.3. The molecule has 0 saturated carbocycles. The first kappa shape index (κ1) is 86.8. The van der Waals surface area contributed by atoms with Gasteiger partial charge in [0, 0.05) is 12.8 Å². The average Bonchev–Trinajstić information content (AvgIpc) is 3.57. The van der Waals surface area contributed by atoms with Crippen molar-refractivity contribution in [2.75, 3.05) is 13.2 Å². The number of unbranched alkanes of at least 4 members (excludes halogenated alkanes) is 59. The zero-order valence-corrected chi connectivity index (χ0v) is 60.2. The molecule has 0 bridgehead atoms. The van der Waals surface area contributed by atoms with Crippen LogP contribution >= 0.6 is 0 Å². The third-order valence-corrected chi connectivity index (χ3v) is 18.8. The fraction of sp³-hybridized carbons (Fsp3) is 0.880. The molecular formula is C83H157NO5. The fourth-order valence-electron chi connectivity index (χ4n) is 12.7. The van der Waals surface area contributed by atoms with E-state index in [-0.39, 0.29) is 18.5 Å². The first-order valence-electron chi connectivity index (χ1n) is 40.4. The number of esters is 1. The topological polar surface area (TPSA) is 95.9 Å². The quantitative estimate of drug-likeness (QED) is 0.0320. The van der Waals surface area contributed by atoms with Crippen LogP contribution in [0.2, 0.25) is 0 Å². The van der Waals surface area contributed by atoms with E-state index in [2.05, 4.69) is 55.6 Å². The summed E-state index contributed by atoms with van der Waals surface area (Å²) in [5.74, 6) is -0.0477. The second-order valence-corrected chi connectivity index (χ2v) is 27.7. The van der Waals surface area contributed by atoms with Gasteiger partial charge in [-0.1, -0.05) is 390 Å². The summed E-state index contributed by atoms with van der Waals surface area (Å²) in [7, 11) is 0. The highest BCUT2D eigenvalue weighted by Crippen LogP contribution is 2.19. The Morgan fingerprint density at radius 2 is 0.562 bits per heavy atom. The van der Waals surface area contributed by atoms with Crippen molar-refractivity contribution < 1.29 is 24.5 Å². The molecule has 0 aliphatic carbocycles. The highest BCUT2D eigenvalue weighted by atomic mass is 16.5. The summed E-state index contributed by atoms with van der Waals surface area (Å²) in [4.78, 5) is 24.6. The van der Waals surface area contributed by atoms with Gasteiger partial charge in [0.15, 0.2) is 0 Å². The monoisotopic (exact) mass is 1250 g/mol. The molecule has 0 spiro atoms. The number of ether oxygens (including phenoxy) is 1. The molecule has 0 aliphatic heterocycles. The Bertz CT molecular complexity index is 1490. The first-order valence-corrected chi connectivity index (χ1v) is 40.4. The molecule has 0 aromatic rings. The Morgan fingerprint density at radius 1 is 0.315 bits per heavy atom. The van der Waals surface area contributed by atoms with Crippen molar-refractivity contribution in [1.29, 1.82) is 0 Å². The normalized spacial score (nSPS) is 12.7. The van der Waals surface area contributed by atoms with Crippen molar-refractivity contribution in [2.24, 2.45) is 0 Å². The molecular weight excluding hydrogens is 1090 g/mol. The number of carbonyl (C=O) groups is 2. The number of aliphatic hydroxyl groups excluding tert-OH is 2. The Morgan fingerprint density at radius 3 is 0.888 bits per heavy atom. The first-order chi connectivity index (χ1) is 44.0. The van der Waals surface area contributed by atoms with Gasteiger partial charge < -0.3 is 20.3 Å². The summed E-state index contributed by atoms with van der Waals surface area (Å²) in [5.41, 5.74) is 0. The lowest BCUT2D eigenvalue weighted by Gasteiger charge is -2.20. The van der Waals surface area contributed by atoms with Gasteiger partial charge in [-0.15, -0.1) is 0 Å². The number of hydrogen-bond acceptors (Lipinski definition) is 5. The molecule has 0 fully saturated rings. The van der Waals surface area contributed by atoms with Crippen LogP contribution in [0.5, 0.6) is 0 Å². The maximum Gasteiger partial charge on any atom is 0.305 e. The highest BCUT2D eigenvalue weighted by molar-refractivity contribution is 5.76. The molecule has 0 radical (unpaired) electrons. The van der Waals surface area contributed by atoms with Gasteiger partial charge in [0.1, 0.15) is 0 Å². The molecule has 0 aromatic carbocycles. The number of aliphatic hydroxyl groups is 2. The smallest absolute Gasteiger partial charge is 0.305 e. The molecule has 2 atom stereocenters. The van der Waals surface area contributed by atoms with Gasteiger partial charge in [-0.05, 0) is 89.9 Å². The van der Waals surface area contributed by atoms with Crippen LogP contribution in [-0.4, -0.2) is 47.4 Å². The van der Waals surface area contributed by atoms with Gasteiger partial charge in [-0.2, -0.15) is 0 Å². The van der Waals surface area contributed by atoms with Crippen LogP contribution in [0, 0.1) is 0 Å². The van der Waals surface area contributed by atoms with Gasteiger partial charge >= 0.3 is 5.97 Å². The Balaban J connectivity index is 3.36. The third kappa shape index (κ3) is 74.7. The predicted molar refractivity (Wildman–Crippen MR) is 393 cm³/mol. The molecule has 0 heterocycles. The SMILES string of the molecule is CCCCC/C=C\C/C=C\CCCCCCCCCC(=O)OCCCCCCCCCCCCCCCC/C=C\CCCCCCCCCCCCCCCCCCCC(=O)NC(CO)C(O)/C=C/CCCCCCCCCCCCCCCCCCCC. The van der Waals surface area contributed by atoms with Crippen molar-refractivity contribution in [3.8, 4) is 0 Å². The number of amides is 1. The Kier molecular flexibility index (Phi) is 76.3. The molecule has 0 aliphatic rings. The third-order valence-electron chi connectivity index (χ3n) is 18.8. The largest absolute Gasteiger partial charge is 0.466 e. The second-order valence-electron chi connectivity index (χ2n) is 27.7. The van der Waals surface area contributed by atoms with Gasteiger partial charge in [0.05, 0.1) is 25.4 Å². The van der Waals surface area contributed by atoms with Gasteiger partial charge in [0.2, 0.25) is 5.91 Å². The summed E-state index contributed by atoms with van der Waals surface area (Å²) in [6, 6.07) is -0.627. The standard InChI is InChI=1S/C83H157NO5/c1-3-5-7-9-11-13-15-17-19-21-22-40-44-47-51-55-59-63-67-71-75-81(86)80(79-85)84-82(87)76-72-68-64-60-56-52-48-45-41-38-36-34-32-30-28-26-24-23-25-27-29-31-33-35-37-39-42-46-50-54-58-62-66-70-74-78-89-83(88)77-73-69-65-61-57-53-49-43-20-18-16-14-12-10-8-6-4-2/h12,14,18,20,25,27,71,75,80-81,85-86H,3-11,13,15-17,19,21-24,26,28-70,72-74,76-79H2,1-2H3,(H,84,87)/b14-12-,20-18-,27-25-,75-71+. The van der Waals surface area contributed by atoms with E-state index in [1.807, 2.05) is 6.08 Å². The van der Waals surface area contributed by atoms with Crippen molar-refractivity contribution in [3.63, 3.8) is 0 Å². The number of nitrogens with one attached hydrogen (secondary N) is 1. The Hall–Kier alpha value is -2.18. The van der Waals surface area contributed by atoms with Crippen LogP contribution in [-0.2, 0) is 14.3 Å². The minimum absolute atomic E-state index is 0.0127. The van der Waals surface area contributed by atoms with Gasteiger partial charge in [0.25, 0.3) is 0 Å². The minimum Gasteiger partial charge on any atom is -0.466 e. The van der Waals surface area contributed by atoms with Crippen molar-refractivity contribution >= 4 is 11.9 Å². The maximum atomic E-state index is 12.5. The minimum atomic E-state index is -0.843. The van der Waals surface area contributed by atoms with E-state index in [9.17, 15) is 19.8 Å². The fourth-order valence-corrected chi connectivity index (χ4v) is 12.7. The zero-order chi connectivity index (χ0) is 64.2. The zero-order valence-electron chi connectivity index (χ0n) is 60.2. The van der Waals surface area contributed by atoms with Crippen LogP contribution in [0.25, 0.3) is 0 Å². The molecule has 6 nitrogen and oxygen atoms in total. The van der Waals surface area contributed by atoms with E-state index < -0.39 is 12.1 Å². The van der Waals surface area contributed by atoms with Gasteiger partial charge in [-0.25, -0.2) is 0 Å². The van der Waals surface area contributed by atoms with Crippen molar-refractivity contribution in [1.82, 2.24) is 5.32 Å². The van der Waals surface area contributed by atoms with Crippen LogP contribution < -0.4 is 5.32 Å². The maximum absolute atomic E-state index is 12.5. The molecule has 89 heavy (non-hydrogen) atoms. The summed E-state index contributed by atoms with van der Waals surface area (Å²) in [6.45, 7) is 4.92. The summed E-state index contributed by atoms with van der Waals surface area (Å²) >= 11 is 0. The molecule has 2 unspecified atom stereocenters. The lowest BCUT2D eigenvalue weighted by molar-refractivity contribution is -0.143. The molecule has 3 N–H and O–H groups in total. The average molecular weight is 1250 g/mol. The van der Waals surface area contributed by atoms with E-state index in [4.69, 9.17) is 4.74 Å². The van der Waals surface area contributed by atoms with Crippen molar-refractivity contribution in [3.05, 3.63) is 48.6 Å². The lowest BCUT2D eigenvalue weighted by atomic mass is 10.0. The number of allylic oxidation sites excluding steroid dienone is 7.